The Kier molecular flexibility index (Phi) is 12.5. The molecule has 6 rings (SSSR count). The molecule has 0 radical (unpaired) electrons. The fourth-order valence-corrected chi connectivity index (χ4v) is 5.66. The van der Waals surface area contributed by atoms with Crippen LogP contribution in [0.3, 0.4) is 0 Å². The lowest BCUT2D eigenvalue weighted by molar-refractivity contribution is 0.319. The van der Waals surface area contributed by atoms with E-state index in [1.54, 1.807) is 21.8 Å². The Labute approximate surface area is 257 Å². The zero-order valence-electron chi connectivity index (χ0n) is 25.4. The highest BCUT2D eigenvalue weighted by Crippen LogP contribution is 2.44. The predicted molar refractivity (Wildman–Crippen MR) is 184 cm³/mol. The first-order chi connectivity index (χ1) is 18.3. The van der Waals surface area contributed by atoms with Gasteiger partial charge in [0, 0.05) is 11.6 Å². The minimum atomic E-state index is -0.0201. The largest absolute Gasteiger partial charge is 0.197 e. The van der Waals surface area contributed by atoms with Gasteiger partial charge in [0.1, 0.15) is 0 Å². The van der Waals surface area contributed by atoms with Gasteiger partial charge in [0.25, 0.3) is 0 Å². The summed E-state index contributed by atoms with van der Waals surface area (Å²) in [5, 5.41) is 12.4. The molecule has 230 valence electrons. The fourth-order valence-electron chi connectivity index (χ4n) is 5.66. The number of aromatic nitrogens is 4. The van der Waals surface area contributed by atoms with E-state index in [1.165, 1.54) is 29.5 Å². The van der Waals surface area contributed by atoms with Crippen molar-refractivity contribution in [2.24, 2.45) is 10.8 Å². The molecule has 2 aromatic carbocycles. The van der Waals surface area contributed by atoms with Crippen LogP contribution in [0.2, 0.25) is 0 Å². The number of fused-ring (bicyclic) bond motifs is 3. The molecule has 2 aliphatic rings. The fraction of sp³-hybridized carbons (Fsp3) is 0.500. The molecule has 2 heterocycles. The van der Waals surface area contributed by atoms with Gasteiger partial charge in [0.2, 0.25) is 0 Å². The molecule has 1 unspecified atom stereocenters. The number of rotatable bonds is 0. The third kappa shape index (κ3) is 8.40. The molecule has 0 amide bonds. The molecule has 0 saturated heterocycles. The number of benzene rings is 2. The molecule has 2 aromatic heterocycles. The van der Waals surface area contributed by atoms with Crippen molar-refractivity contribution in [3.05, 3.63) is 101 Å². The van der Waals surface area contributed by atoms with Crippen molar-refractivity contribution >= 4 is 11.2 Å². The first-order valence-electron chi connectivity index (χ1n) is 14.3. The molecule has 2 aliphatic carbocycles. The van der Waals surface area contributed by atoms with Crippen LogP contribution < -0.4 is 0 Å². The van der Waals surface area contributed by atoms with E-state index in [1.807, 2.05) is 12.1 Å². The lowest BCUT2D eigenvalue weighted by Gasteiger charge is -2.27. The van der Waals surface area contributed by atoms with E-state index in [0.717, 1.165) is 23.8 Å². The lowest BCUT2D eigenvalue weighted by Crippen LogP contribution is -2.16. The molecule has 0 bridgehead atoms. The SMILES string of the molecule is C.C.C.CC(C)(C)C1=CCc2ccccc21.CC(C)(C)C1CCc2ccccc21.CC(C)(C)c1nnc2cccnn12. The molecule has 4 nitrogen and oxygen atoms in total. The summed E-state index contributed by atoms with van der Waals surface area (Å²) in [6, 6.07) is 21.4. The van der Waals surface area contributed by atoms with Gasteiger partial charge in [-0.25, -0.2) is 0 Å². The van der Waals surface area contributed by atoms with Gasteiger partial charge in [0.05, 0.1) is 0 Å². The molecule has 4 aromatic rings. The van der Waals surface area contributed by atoms with Crippen LogP contribution in [0.15, 0.2) is 72.9 Å². The molecule has 0 aliphatic heterocycles. The maximum Gasteiger partial charge on any atom is 0.177 e. The van der Waals surface area contributed by atoms with E-state index in [2.05, 4.69) is 132 Å². The van der Waals surface area contributed by atoms with Crippen molar-refractivity contribution in [1.29, 1.82) is 0 Å². The summed E-state index contributed by atoms with van der Waals surface area (Å²) in [5.41, 5.74) is 9.09. The summed E-state index contributed by atoms with van der Waals surface area (Å²) < 4.78 is 1.78. The van der Waals surface area contributed by atoms with Crippen molar-refractivity contribution in [2.45, 2.75) is 115 Å². The second-order valence-corrected chi connectivity index (χ2v) is 14.0. The van der Waals surface area contributed by atoms with Crippen LogP contribution in [0.5, 0.6) is 0 Å². The molecule has 4 heteroatoms. The van der Waals surface area contributed by atoms with E-state index >= 15 is 0 Å². The predicted octanol–water partition coefficient (Wildman–Crippen LogP) is 10.8. The first kappa shape index (κ1) is 36.8. The molecule has 0 N–H and O–H groups in total. The summed E-state index contributed by atoms with van der Waals surface area (Å²) in [6.07, 6.45) is 7.83. The van der Waals surface area contributed by atoms with E-state index in [-0.39, 0.29) is 33.1 Å². The second-order valence-electron chi connectivity index (χ2n) is 14.0. The van der Waals surface area contributed by atoms with Crippen molar-refractivity contribution in [3.8, 4) is 0 Å². The van der Waals surface area contributed by atoms with Crippen LogP contribution >= 0.6 is 0 Å². The van der Waals surface area contributed by atoms with Gasteiger partial charge < -0.3 is 0 Å². The highest BCUT2D eigenvalue weighted by molar-refractivity contribution is 5.76. The van der Waals surface area contributed by atoms with Gasteiger partial charge >= 0.3 is 0 Å². The third-order valence-corrected chi connectivity index (χ3v) is 7.67. The summed E-state index contributed by atoms with van der Waals surface area (Å²) in [5.74, 6) is 1.66. The van der Waals surface area contributed by atoms with Crippen molar-refractivity contribution in [3.63, 3.8) is 0 Å². The van der Waals surface area contributed by atoms with Crippen LogP contribution in [-0.4, -0.2) is 19.8 Å². The smallest absolute Gasteiger partial charge is 0.177 e. The van der Waals surface area contributed by atoms with Crippen molar-refractivity contribution in [1.82, 2.24) is 19.8 Å². The Balaban J connectivity index is 0.000000304. The summed E-state index contributed by atoms with van der Waals surface area (Å²) in [6.45, 7) is 20.2. The minimum Gasteiger partial charge on any atom is -0.197 e. The Morgan fingerprint density at radius 2 is 1.31 bits per heavy atom. The highest BCUT2D eigenvalue weighted by Gasteiger charge is 2.31. The standard InChI is InChI=1S/C13H18.C13H16.C9H12N4.3CH4/c2*1-13(2,3)12-9-8-10-6-4-5-7-11(10)12;1-9(2,3)8-12-11-7-5-4-6-10-13(7)8;;;/h4-7,12H,8-9H2,1-3H3;4-7,9H,8H2,1-3H3;4-6H,1-3H3;3*1H4. The zero-order chi connectivity index (χ0) is 28.4. The maximum absolute atomic E-state index is 4.20. The summed E-state index contributed by atoms with van der Waals surface area (Å²) >= 11 is 0. The number of hydrogen-bond donors (Lipinski definition) is 0. The van der Waals surface area contributed by atoms with Crippen LogP contribution in [0.25, 0.3) is 11.2 Å². The van der Waals surface area contributed by atoms with E-state index < -0.39 is 0 Å². The van der Waals surface area contributed by atoms with Gasteiger partial charge in [-0.05, 0) is 76.0 Å². The zero-order valence-corrected chi connectivity index (χ0v) is 25.4. The Hall–Kier alpha value is -3.27. The van der Waals surface area contributed by atoms with Crippen molar-refractivity contribution < 1.29 is 0 Å². The molecule has 42 heavy (non-hydrogen) atoms. The molecular formula is C38H58N4. The number of aryl methyl sites for hydroxylation is 1. The summed E-state index contributed by atoms with van der Waals surface area (Å²) in [7, 11) is 0. The Bertz CT molecular complexity index is 1430. The third-order valence-electron chi connectivity index (χ3n) is 7.67. The van der Waals surface area contributed by atoms with Crippen LogP contribution in [0.1, 0.15) is 125 Å². The molecular weight excluding hydrogens is 512 g/mol. The van der Waals surface area contributed by atoms with Gasteiger partial charge in [0.15, 0.2) is 11.5 Å². The van der Waals surface area contributed by atoms with Gasteiger partial charge in [-0.3, -0.25) is 0 Å². The lowest BCUT2D eigenvalue weighted by atomic mass is 9.77. The van der Waals surface area contributed by atoms with Crippen LogP contribution in [-0.2, 0) is 18.3 Å². The van der Waals surface area contributed by atoms with Crippen LogP contribution in [0.4, 0.5) is 0 Å². The molecule has 0 fully saturated rings. The average Bonchev–Trinajstić information content (AvgIpc) is 3.60. The van der Waals surface area contributed by atoms with Crippen molar-refractivity contribution in [2.75, 3.05) is 0 Å². The van der Waals surface area contributed by atoms with Gasteiger partial charge in [-0.2, -0.15) is 9.61 Å². The van der Waals surface area contributed by atoms with E-state index in [9.17, 15) is 0 Å². The minimum absolute atomic E-state index is 0. The Morgan fingerprint density at radius 3 is 1.93 bits per heavy atom. The van der Waals surface area contributed by atoms with Gasteiger partial charge in [-0.1, -0.05) is 139 Å². The van der Waals surface area contributed by atoms with E-state index in [4.69, 9.17) is 0 Å². The molecule has 0 saturated carbocycles. The second kappa shape index (κ2) is 14.3. The first-order valence-corrected chi connectivity index (χ1v) is 14.3. The highest BCUT2D eigenvalue weighted by atomic mass is 15.4. The number of allylic oxidation sites excluding steroid dienone is 2. The van der Waals surface area contributed by atoms with Crippen LogP contribution in [0, 0.1) is 10.8 Å². The van der Waals surface area contributed by atoms with E-state index in [0.29, 0.717) is 5.41 Å². The monoisotopic (exact) mass is 570 g/mol. The van der Waals surface area contributed by atoms with Gasteiger partial charge in [-0.15, -0.1) is 10.2 Å². The topological polar surface area (TPSA) is 43.1 Å². The Morgan fingerprint density at radius 1 is 0.690 bits per heavy atom. The normalized spacial score (nSPS) is 15.3. The molecule has 0 spiro atoms. The number of hydrogen-bond acceptors (Lipinski definition) is 3. The molecule has 1 atom stereocenters. The average molecular weight is 571 g/mol. The quantitative estimate of drug-likeness (QED) is 0.211. The maximum atomic E-state index is 4.20. The number of nitrogens with zero attached hydrogens (tertiary/aromatic N) is 4. The summed E-state index contributed by atoms with van der Waals surface area (Å²) in [4.78, 5) is 0.